The number of rotatable bonds is 8. The number of anilines is 1. The number of nitrogens with one attached hydrogen (secondary N) is 2. The van der Waals surface area contributed by atoms with Crippen molar-refractivity contribution in [2.45, 2.75) is 50.8 Å². The standard InChI is InChI=1S/C18H26N2O5S/c1-13(2)26(23,24)20-15-8-6-14(7-9-15)18(22)19-16-4-3-5-17(12-16)25-11-10-21/h3-5,10,12-15,20H,6-9,11H2,1-2H3,(H,19,22). The number of ether oxygens (including phenoxy) is 1. The van der Waals surface area contributed by atoms with E-state index in [-0.39, 0.29) is 24.5 Å². The third-order valence-electron chi connectivity index (χ3n) is 4.47. The second-order valence-corrected chi connectivity index (χ2v) is 9.02. The van der Waals surface area contributed by atoms with Gasteiger partial charge in [0, 0.05) is 23.7 Å². The van der Waals surface area contributed by atoms with Crippen LogP contribution in [0.5, 0.6) is 5.75 Å². The molecule has 0 spiro atoms. The minimum atomic E-state index is -3.29. The van der Waals surface area contributed by atoms with Crippen molar-refractivity contribution < 1.29 is 22.7 Å². The number of aldehydes is 1. The maximum atomic E-state index is 12.4. The lowest BCUT2D eigenvalue weighted by atomic mass is 9.86. The van der Waals surface area contributed by atoms with Gasteiger partial charge in [-0.3, -0.25) is 9.59 Å². The monoisotopic (exact) mass is 382 g/mol. The Kier molecular flexibility index (Phi) is 7.16. The van der Waals surface area contributed by atoms with Crippen molar-refractivity contribution in [1.82, 2.24) is 4.72 Å². The molecule has 0 atom stereocenters. The maximum Gasteiger partial charge on any atom is 0.227 e. The van der Waals surface area contributed by atoms with Gasteiger partial charge >= 0.3 is 0 Å². The quantitative estimate of drug-likeness (QED) is 0.671. The van der Waals surface area contributed by atoms with Crippen LogP contribution in [0.4, 0.5) is 5.69 Å². The lowest BCUT2D eigenvalue weighted by Gasteiger charge is -2.28. The summed E-state index contributed by atoms with van der Waals surface area (Å²) in [5, 5.41) is 2.40. The molecule has 0 radical (unpaired) electrons. The summed E-state index contributed by atoms with van der Waals surface area (Å²) in [6.45, 7) is 3.26. The Bertz CT molecular complexity index is 725. The van der Waals surface area contributed by atoms with Gasteiger partial charge in [-0.25, -0.2) is 13.1 Å². The molecule has 0 aliphatic heterocycles. The molecule has 2 N–H and O–H groups in total. The Morgan fingerprint density at radius 3 is 2.58 bits per heavy atom. The van der Waals surface area contributed by atoms with Crippen LogP contribution in [-0.4, -0.2) is 38.5 Å². The van der Waals surface area contributed by atoms with Crippen molar-refractivity contribution in [3.05, 3.63) is 24.3 Å². The highest BCUT2D eigenvalue weighted by Crippen LogP contribution is 2.27. The minimum absolute atomic E-state index is 0.0340. The normalized spacial score (nSPS) is 20.6. The van der Waals surface area contributed by atoms with E-state index in [1.807, 2.05) is 0 Å². The summed E-state index contributed by atoms with van der Waals surface area (Å²) in [6.07, 6.45) is 3.23. The molecule has 0 heterocycles. The van der Waals surface area contributed by atoms with Crippen molar-refractivity contribution >= 4 is 27.9 Å². The molecule has 0 bridgehead atoms. The summed E-state index contributed by atoms with van der Waals surface area (Å²) >= 11 is 0. The van der Waals surface area contributed by atoms with Gasteiger partial charge in [0.15, 0.2) is 6.29 Å². The predicted octanol–water partition coefficient (Wildman–Crippen LogP) is 2.09. The zero-order valence-corrected chi connectivity index (χ0v) is 15.9. The highest BCUT2D eigenvalue weighted by molar-refractivity contribution is 7.90. The Labute approximate surface area is 154 Å². The molecule has 1 fully saturated rings. The molecule has 1 aliphatic rings. The number of hydrogen-bond donors (Lipinski definition) is 2. The molecule has 7 nitrogen and oxygen atoms in total. The van der Waals surface area contributed by atoms with Crippen LogP contribution >= 0.6 is 0 Å². The third kappa shape index (κ3) is 5.81. The fourth-order valence-corrected chi connectivity index (χ4v) is 3.85. The summed E-state index contributed by atoms with van der Waals surface area (Å²) in [6, 6.07) is 6.78. The van der Waals surface area contributed by atoms with E-state index in [1.54, 1.807) is 38.1 Å². The molecule has 0 saturated heterocycles. The number of carbonyl (C=O) groups is 2. The van der Waals surface area contributed by atoms with Gasteiger partial charge in [0.25, 0.3) is 0 Å². The van der Waals surface area contributed by atoms with Crippen molar-refractivity contribution in [3.63, 3.8) is 0 Å². The molecular weight excluding hydrogens is 356 g/mol. The Morgan fingerprint density at radius 1 is 1.27 bits per heavy atom. The molecule has 26 heavy (non-hydrogen) atoms. The summed E-state index contributed by atoms with van der Waals surface area (Å²) in [5.74, 6) is 0.291. The Balaban J connectivity index is 1.86. The number of amides is 1. The van der Waals surface area contributed by atoms with Crippen LogP contribution in [0.15, 0.2) is 24.3 Å². The van der Waals surface area contributed by atoms with E-state index in [4.69, 9.17) is 4.74 Å². The summed E-state index contributed by atoms with van der Waals surface area (Å²) in [7, 11) is -3.29. The summed E-state index contributed by atoms with van der Waals surface area (Å²) < 4.78 is 31.8. The number of hydrogen-bond acceptors (Lipinski definition) is 5. The molecule has 0 aromatic heterocycles. The van der Waals surface area contributed by atoms with Gasteiger partial charge in [-0.2, -0.15) is 0 Å². The zero-order chi connectivity index (χ0) is 19.2. The van der Waals surface area contributed by atoms with Crippen LogP contribution in [-0.2, 0) is 19.6 Å². The van der Waals surface area contributed by atoms with Gasteiger partial charge in [-0.1, -0.05) is 6.07 Å². The molecule has 1 aliphatic carbocycles. The lowest BCUT2D eigenvalue weighted by molar-refractivity contribution is -0.120. The second-order valence-electron chi connectivity index (χ2n) is 6.75. The van der Waals surface area contributed by atoms with Gasteiger partial charge in [-0.15, -0.1) is 0 Å². The van der Waals surface area contributed by atoms with Crippen LogP contribution in [0, 0.1) is 5.92 Å². The first kappa shape index (κ1) is 20.4. The fourth-order valence-electron chi connectivity index (χ4n) is 2.88. The Morgan fingerprint density at radius 2 is 1.96 bits per heavy atom. The molecular formula is C18H26N2O5S. The van der Waals surface area contributed by atoms with Gasteiger partial charge < -0.3 is 10.1 Å². The van der Waals surface area contributed by atoms with Crippen molar-refractivity contribution in [2.24, 2.45) is 5.92 Å². The zero-order valence-electron chi connectivity index (χ0n) is 15.1. The molecule has 1 aromatic rings. The van der Waals surface area contributed by atoms with Crippen molar-refractivity contribution in [2.75, 3.05) is 11.9 Å². The largest absolute Gasteiger partial charge is 0.486 e. The first-order chi connectivity index (χ1) is 12.3. The number of sulfonamides is 1. The van der Waals surface area contributed by atoms with Crippen molar-refractivity contribution in [3.8, 4) is 5.75 Å². The minimum Gasteiger partial charge on any atom is -0.486 e. The van der Waals surface area contributed by atoms with E-state index in [9.17, 15) is 18.0 Å². The van der Waals surface area contributed by atoms with Crippen molar-refractivity contribution in [1.29, 1.82) is 0 Å². The van der Waals surface area contributed by atoms with E-state index in [0.29, 0.717) is 43.4 Å². The molecule has 1 aromatic carbocycles. The van der Waals surface area contributed by atoms with Crippen LogP contribution in [0.2, 0.25) is 0 Å². The smallest absolute Gasteiger partial charge is 0.227 e. The third-order valence-corrected chi connectivity index (χ3v) is 6.37. The SMILES string of the molecule is CC(C)S(=O)(=O)NC1CCC(C(=O)Nc2cccc(OCC=O)c2)CC1. The van der Waals surface area contributed by atoms with E-state index in [2.05, 4.69) is 10.0 Å². The van der Waals surface area contributed by atoms with Crippen LogP contribution in [0.1, 0.15) is 39.5 Å². The van der Waals surface area contributed by atoms with Gasteiger partial charge in [0.2, 0.25) is 15.9 Å². The molecule has 2 rings (SSSR count). The maximum absolute atomic E-state index is 12.4. The highest BCUT2D eigenvalue weighted by atomic mass is 32.2. The first-order valence-corrected chi connectivity index (χ1v) is 10.3. The van der Waals surface area contributed by atoms with E-state index in [0.717, 1.165) is 0 Å². The van der Waals surface area contributed by atoms with Crippen LogP contribution in [0.25, 0.3) is 0 Å². The van der Waals surface area contributed by atoms with Gasteiger partial charge in [0.1, 0.15) is 12.4 Å². The molecule has 8 heteroatoms. The number of carbonyl (C=O) groups excluding carboxylic acids is 2. The fraction of sp³-hybridized carbons (Fsp3) is 0.556. The summed E-state index contributed by atoms with van der Waals surface area (Å²) in [4.78, 5) is 22.8. The topological polar surface area (TPSA) is 102 Å². The van der Waals surface area contributed by atoms with Gasteiger partial charge in [-0.05, 0) is 51.7 Å². The van der Waals surface area contributed by atoms with E-state index in [1.165, 1.54) is 0 Å². The first-order valence-electron chi connectivity index (χ1n) is 8.80. The average Bonchev–Trinajstić information content (AvgIpc) is 2.60. The summed E-state index contributed by atoms with van der Waals surface area (Å²) in [5.41, 5.74) is 0.612. The number of benzene rings is 1. The average molecular weight is 382 g/mol. The Hall–Kier alpha value is -1.93. The van der Waals surface area contributed by atoms with Crippen LogP contribution < -0.4 is 14.8 Å². The second kappa shape index (κ2) is 9.14. The van der Waals surface area contributed by atoms with E-state index >= 15 is 0 Å². The molecule has 1 saturated carbocycles. The van der Waals surface area contributed by atoms with Gasteiger partial charge in [0.05, 0.1) is 5.25 Å². The molecule has 144 valence electrons. The molecule has 0 unspecified atom stereocenters. The lowest BCUT2D eigenvalue weighted by Crippen LogP contribution is -2.42. The van der Waals surface area contributed by atoms with E-state index < -0.39 is 15.3 Å². The highest BCUT2D eigenvalue weighted by Gasteiger charge is 2.29. The molecule has 1 amide bonds. The van der Waals surface area contributed by atoms with Crippen LogP contribution in [0.3, 0.4) is 0 Å². The predicted molar refractivity (Wildman–Crippen MR) is 99.6 cm³/mol.